The van der Waals surface area contributed by atoms with Crippen molar-refractivity contribution in [2.24, 2.45) is 0 Å². The SMILES string of the molecule is CCN(C(C)C(=O)c1ccccc1)S(=O)(=O)c1cccc(Cl)c1C. The smallest absolute Gasteiger partial charge is 0.244 e. The summed E-state index contributed by atoms with van der Waals surface area (Å²) in [6.07, 6.45) is 0. The fraction of sp³-hybridized carbons (Fsp3) is 0.278. The predicted octanol–water partition coefficient (Wildman–Crippen LogP) is 3.93. The van der Waals surface area contributed by atoms with Gasteiger partial charge in [0.15, 0.2) is 5.78 Å². The Hall–Kier alpha value is -1.69. The predicted molar refractivity (Wildman–Crippen MR) is 96.0 cm³/mol. The summed E-state index contributed by atoms with van der Waals surface area (Å²) < 4.78 is 27.3. The second-order valence-corrected chi connectivity index (χ2v) is 7.74. The number of sulfonamides is 1. The van der Waals surface area contributed by atoms with E-state index in [1.165, 1.54) is 10.4 Å². The zero-order valence-electron chi connectivity index (χ0n) is 13.9. The Bertz CT molecular complexity index is 835. The van der Waals surface area contributed by atoms with Crippen molar-refractivity contribution in [3.8, 4) is 0 Å². The molecule has 0 saturated heterocycles. The second kappa shape index (κ2) is 7.47. The van der Waals surface area contributed by atoms with E-state index in [-0.39, 0.29) is 17.2 Å². The van der Waals surface area contributed by atoms with Gasteiger partial charge < -0.3 is 0 Å². The van der Waals surface area contributed by atoms with Crippen LogP contribution in [0.3, 0.4) is 0 Å². The first-order chi connectivity index (χ1) is 11.3. The molecular formula is C18H20ClNO3S. The molecule has 6 heteroatoms. The summed E-state index contributed by atoms with van der Waals surface area (Å²) in [6, 6.07) is 12.6. The molecule has 0 aliphatic carbocycles. The van der Waals surface area contributed by atoms with E-state index in [0.29, 0.717) is 16.1 Å². The van der Waals surface area contributed by atoms with Gasteiger partial charge in [-0.25, -0.2) is 8.42 Å². The van der Waals surface area contributed by atoms with E-state index in [2.05, 4.69) is 0 Å². The van der Waals surface area contributed by atoms with Crippen LogP contribution in [0, 0.1) is 6.92 Å². The van der Waals surface area contributed by atoms with Crippen molar-refractivity contribution in [1.82, 2.24) is 4.31 Å². The molecule has 2 aromatic rings. The van der Waals surface area contributed by atoms with Crippen LogP contribution >= 0.6 is 11.6 Å². The average molecular weight is 366 g/mol. The molecule has 128 valence electrons. The van der Waals surface area contributed by atoms with Gasteiger partial charge in [0.05, 0.1) is 10.9 Å². The van der Waals surface area contributed by atoms with Crippen molar-refractivity contribution in [3.05, 3.63) is 64.7 Å². The van der Waals surface area contributed by atoms with E-state index in [0.717, 1.165) is 0 Å². The van der Waals surface area contributed by atoms with Gasteiger partial charge in [0, 0.05) is 17.1 Å². The number of hydrogen-bond donors (Lipinski definition) is 0. The standard InChI is InChI=1S/C18H20ClNO3S/c1-4-20(14(3)18(21)15-9-6-5-7-10-15)24(22,23)17-12-8-11-16(19)13(17)2/h5-12,14H,4H2,1-3H3. The molecular weight excluding hydrogens is 346 g/mol. The second-order valence-electron chi connectivity index (χ2n) is 5.48. The van der Waals surface area contributed by atoms with Gasteiger partial charge in [-0.1, -0.05) is 54.9 Å². The minimum Gasteiger partial charge on any atom is -0.292 e. The Kier molecular flexibility index (Phi) is 5.80. The summed E-state index contributed by atoms with van der Waals surface area (Å²) in [5.41, 5.74) is 0.971. The van der Waals surface area contributed by atoms with E-state index in [1.807, 2.05) is 6.07 Å². The summed E-state index contributed by atoms with van der Waals surface area (Å²) in [7, 11) is -3.83. The lowest BCUT2D eigenvalue weighted by atomic mass is 10.1. The Morgan fingerprint density at radius 3 is 2.33 bits per heavy atom. The van der Waals surface area contributed by atoms with Gasteiger partial charge in [-0.05, 0) is 31.5 Å². The maximum absolute atomic E-state index is 13.0. The van der Waals surface area contributed by atoms with Crippen molar-refractivity contribution < 1.29 is 13.2 Å². The average Bonchev–Trinajstić information content (AvgIpc) is 2.57. The fourth-order valence-electron chi connectivity index (χ4n) is 2.62. The van der Waals surface area contributed by atoms with Crippen molar-refractivity contribution in [2.45, 2.75) is 31.7 Å². The molecule has 0 saturated carbocycles. The highest BCUT2D eigenvalue weighted by atomic mass is 35.5. The molecule has 0 aliphatic rings. The van der Waals surface area contributed by atoms with Crippen molar-refractivity contribution in [2.75, 3.05) is 6.54 Å². The van der Waals surface area contributed by atoms with Crippen LogP contribution in [0.15, 0.2) is 53.4 Å². The molecule has 2 rings (SSSR count). The number of halogens is 1. The number of hydrogen-bond acceptors (Lipinski definition) is 3. The molecule has 2 aromatic carbocycles. The highest BCUT2D eigenvalue weighted by Crippen LogP contribution is 2.27. The molecule has 0 aromatic heterocycles. The summed E-state index contributed by atoms with van der Waals surface area (Å²) in [6.45, 7) is 5.17. The third-order valence-electron chi connectivity index (χ3n) is 3.99. The first-order valence-corrected chi connectivity index (χ1v) is 9.48. The van der Waals surface area contributed by atoms with Gasteiger partial charge in [0.1, 0.15) is 0 Å². The van der Waals surface area contributed by atoms with Crippen LogP contribution in [0.2, 0.25) is 5.02 Å². The van der Waals surface area contributed by atoms with Crippen LogP contribution in [0.4, 0.5) is 0 Å². The summed E-state index contributed by atoms with van der Waals surface area (Å²) >= 11 is 6.06. The summed E-state index contributed by atoms with van der Waals surface area (Å²) in [5, 5.41) is 0.383. The Balaban J connectivity index is 2.43. The Labute approximate surface area is 148 Å². The number of carbonyl (C=O) groups excluding carboxylic acids is 1. The molecule has 0 bridgehead atoms. The molecule has 0 N–H and O–H groups in total. The molecule has 0 fully saturated rings. The lowest BCUT2D eigenvalue weighted by Crippen LogP contribution is -2.43. The van der Waals surface area contributed by atoms with Crippen LogP contribution < -0.4 is 0 Å². The van der Waals surface area contributed by atoms with Crippen LogP contribution in [0.5, 0.6) is 0 Å². The van der Waals surface area contributed by atoms with Crippen molar-refractivity contribution in [3.63, 3.8) is 0 Å². The van der Waals surface area contributed by atoms with Gasteiger partial charge in [0.25, 0.3) is 0 Å². The van der Waals surface area contributed by atoms with Crippen LogP contribution in [-0.2, 0) is 10.0 Å². The minimum absolute atomic E-state index is 0.129. The highest BCUT2D eigenvalue weighted by Gasteiger charge is 2.33. The van der Waals surface area contributed by atoms with E-state index < -0.39 is 16.1 Å². The van der Waals surface area contributed by atoms with E-state index in [4.69, 9.17) is 11.6 Å². The molecule has 0 amide bonds. The number of ketones is 1. The lowest BCUT2D eigenvalue weighted by Gasteiger charge is -2.27. The van der Waals surface area contributed by atoms with Crippen molar-refractivity contribution >= 4 is 27.4 Å². The van der Waals surface area contributed by atoms with Gasteiger partial charge in [-0.15, -0.1) is 0 Å². The third-order valence-corrected chi connectivity index (χ3v) is 6.59. The van der Waals surface area contributed by atoms with Gasteiger partial charge in [-0.2, -0.15) is 4.31 Å². The van der Waals surface area contributed by atoms with Crippen LogP contribution in [-0.4, -0.2) is 31.1 Å². The molecule has 24 heavy (non-hydrogen) atoms. The fourth-order valence-corrected chi connectivity index (χ4v) is 4.70. The maximum atomic E-state index is 13.0. The van der Waals surface area contributed by atoms with Crippen LogP contribution in [0.25, 0.3) is 0 Å². The molecule has 0 aliphatic heterocycles. The van der Waals surface area contributed by atoms with E-state index in [9.17, 15) is 13.2 Å². The van der Waals surface area contributed by atoms with Crippen molar-refractivity contribution in [1.29, 1.82) is 0 Å². The lowest BCUT2D eigenvalue weighted by molar-refractivity contribution is 0.0910. The first-order valence-electron chi connectivity index (χ1n) is 7.67. The van der Waals surface area contributed by atoms with Gasteiger partial charge in [0.2, 0.25) is 10.0 Å². The van der Waals surface area contributed by atoms with E-state index >= 15 is 0 Å². The number of rotatable bonds is 6. The number of Topliss-reactive ketones (excluding diaryl/α,β-unsaturated/α-hetero) is 1. The highest BCUT2D eigenvalue weighted by molar-refractivity contribution is 7.89. The molecule has 1 atom stereocenters. The Morgan fingerprint density at radius 2 is 1.75 bits per heavy atom. The summed E-state index contributed by atoms with van der Waals surface area (Å²) in [4.78, 5) is 12.8. The largest absolute Gasteiger partial charge is 0.292 e. The number of carbonyl (C=O) groups is 1. The first kappa shape index (κ1) is 18.6. The topological polar surface area (TPSA) is 54.5 Å². The third kappa shape index (κ3) is 3.53. The molecule has 4 nitrogen and oxygen atoms in total. The molecule has 0 radical (unpaired) electrons. The van der Waals surface area contributed by atoms with Crippen LogP contribution in [0.1, 0.15) is 29.8 Å². The summed E-state index contributed by atoms with van der Waals surface area (Å²) in [5.74, 6) is -0.235. The zero-order valence-corrected chi connectivity index (χ0v) is 15.4. The number of benzene rings is 2. The maximum Gasteiger partial charge on any atom is 0.244 e. The number of likely N-dealkylation sites (N-methyl/N-ethyl adjacent to an activating group) is 1. The Morgan fingerprint density at radius 1 is 1.12 bits per heavy atom. The van der Waals surface area contributed by atoms with E-state index in [1.54, 1.807) is 57.2 Å². The quantitative estimate of drug-likeness (QED) is 0.729. The molecule has 1 unspecified atom stereocenters. The normalized spacial score (nSPS) is 13.0. The molecule has 0 spiro atoms. The molecule has 0 heterocycles. The number of nitrogens with zero attached hydrogens (tertiary/aromatic N) is 1. The van der Waals surface area contributed by atoms with Gasteiger partial charge >= 0.3 is 0 Å². The zero-order chi connectivity index (χ0) is 17.9. The van der Waals surface area contributed by atoms with Gasteiger partial charge in [-0.3, -0.25) is 4.79 Å². The monoisotopic (exact) mass is 365 g/mol. The minimum atomic E-state index is -3.83.